The van der Waals surface area contributed by atoms with Crippen LogP contribution in [0.3, 0.4) is 0 Å². The van der Waals surface area contributed by atoms with Gasteiger partial charge in [0.1, 0.15) is 17.5 Å². The molecule has 3 heteroatoms. The van der Waals surface area contributed by atoms with Crippen molar-refractivity contribution in [2.24, 2.45) is 0 Å². The van der Waals surface area contributed by atoms with Crippen LogP contribution in [-0.2, 0) is 0 Å². The molecule has 0 fully saturated rings. The topological polar surface area (TPSA) is 36.7 Å². The van der Waals surface area contributed by atoms with Crippen LogP contribution in [0.1, 0.15) is 11.4 Å². The molecule has 1 aromatic heterocycles. The molecule has 0 unspecified atom stereocenters. The molecule has 1 heterocycles. The molecule has 2 nitrogen and oxygen atoms in total. The number of nitriles is 1. The summed E-state index contributed by atoms with van der Waals surface area (Å²) in [6.07, 6.45) is 0. The first-order valence-corrected chi connectivity index (χ1v) is 3.82. The molecule has 0 spiro atoms. The molecule has 0 aliphatic rings. The third kappa shape index (κ3) is 2.27. The summed E-state index contributed by atoms with van der Waals surface area (Å²) in [5, 5.41) is 8.50. The molecule has 0 saturated heterocycles. The maximum absolute atomic E-state index is 8.50. The summed E-state index contributed by atoms with van der Waals surface area (Å²) >= 11 is 5.36. The molecule has 0 aliphatic carbocycles. The number of rotatable bonds is 0. The van der Waals surface area contributed by atoms with Gasteiger partial charge in [-0.05, 0) is 18.1 Å². The van der Waals surface area contributed by atoms with Crippen molar-refractivity contribution in [1.29, 1.82) is 5.26 Å². The molecule has 0 aliphatic heterocycles. The smallest absolute Gasteiger partial charge is 0.141 e. The van der Waals surface area contributed by atoms with Crippen LogP contribution in [0.2, 0.25) is 0 Å². The number of nitrogens with zero attached hydrogens (tertiary/aromatic N) is 2. The monoisotopic (exact) mass is 176 g/mol. The Morgan fingerprint density at radius 2 is 2.17 bits per heavy atom. The highest BCUT2D eigenvalue weighted by atomic mass is 35.5. The van der Waals surface area contributed by atoms with Gasteiger partial charge >= 0.3 is 0 Å². The lowest BCUT2D eigenvalue weighted by molar-refractivity contribution is 1.23. The van der Waals surface area contributed by atoms with E-state index < -0.39 is 0 Å². The molecule has 0 aromatic carbocycles. The number of halogens is 1. The Hall–Kier alpha value is -1.51. The van der Waals surface area contributed by atoms with Gasteiger partial charge in [0.25, 0.3) is 0 Å². The summed E-state index contributed by atoms with van der Waals surface area (Å²) in [7, 11) is 0. The van der Waals surface area contributed by atoms with E-state index in [2.05, 4.69) is 16.8 Å². The molecule has 0 N–H and O–H groups in total. The van der Waals surface area contributed by atoms with Crippen molar-refractivity contribution in [1.82, 2.24) is 4.98 Å². The minimum atomic E-state index is 0.276. The summed E-state index contributed by atoms with van der Waals surface area (Å²) in [6, 6.07) is 7.04. The van der Waals surface area contributed by atoms with E-state index in [9.17, 15) is 0 Å². The Labute approximate surface area is 75.8 Å². The Kier molecular flexibility index (Phi) is 3.14. The van der Waals surface area contributed by atoms with Crippen molar-refractivity contribution in [3.8, 4) is 17.9 Å². The fourth-order valence-corrected chi connectivity index (χ4v) is 0.757. The highest BCUT2D eigenvalue weighted by Crippen LogP contribution is 1.95. The maximum atomic E-state index is 8.50. The van der Waals surface area contributed by atoms with Gasteiger partial charge in [-0.15, -0.1) is 11.6 Å². The Morgan fingerprint density at radius 1 is 1.42 bits per heavy atom. The van der Waals surface area contributed by atoms with E-state index in [0.717, 1.165) is 0 Å². The second-order valence-electron chi connectivity index (χ2n) is 1.96. The quantitative estimate of drug-likeness (QED) is 0.444. The minimum absolute atomic E-state index is 0.276. The second kappa shape index (κ2) is 4.38. The van der Waals surface area contributed by atoms with Crippen molar-refractivity contribution >= 4 is 11.6 Å². The lowest BCUT2D eigenvalue weighted by Gasteiger charge is -1.88. The number of hydrogen-bond donors (Lipinski definition) is 0. The fraction of sp³-hybridized carbons (Fsp3) is 0.111. The first-order valence-electron chi connectivity index (χ1n) is 3.29. The van der Waals surface area contributed by atoms with Crippen molar-refractivity contribution in [3.05, 3.63) is 29.6 Å². The van der Waals surface area contributed by atoms with E-state index in [-0.39, 0.29) is 5.88 Å². The molecule has 12 heavy (non-hydrogen) atoms. The average molecular weight is 177 g/mol. The third-order valence-corrected chi connectivity index (χ3v) is 1.28. The van der Waals surface area contributed by atoms with Crippen LogP contribution in [0.25, 0.3) is 0 Å². The number of pyridine rings is 1. The summed E-state index contributed by atoms with van der Waals surface area (Å²) < 4.78 is 0. The van der Waals surface area contributed by atoms with Gasteiger partial charge in [-0.2, -0.15) is 5.26 Å². The van der Waals surface area contributed by atoms with E-state index in [1.165, 1.54) is 0 Å². The lowest BCUT2D eigenvalue weighted by atomic mass is 10.3. The standard InChI is InChI=1S/C9H5ClN2/c10-6-2-5-8-3-1-4-9(7-11)12-8/h1,3-4H,6H2. The van der Waals surface area contributed by atoms with Gasteiger partial charge in [-0.1, -0.05) is 12.0 Å². The number of hydrogen-bond acceptors (Lipinski definition) is 2. The lowest BCUT2D eigenvalue weighted by Crippen LogP contribution is -1.85. The van der Waals surface area contributed by atoms with E-state index in [1.807, 2.05) is 6.07 Å². The largest absolute Gasteiger partial charge is 0.229 e. The molecule has 0 bridgehead atoms. The molecular weight excluding hydrogens is 172 g/mol. The van der Waals surface area contributed by atoms with Gasteiger partial charge in [0.05, 0.1) is 5.88 Å². The zero-order chi connectivity index (χ0) is 8.81. The van der Waals surface area contributed by atoms with Crippen molar-refractivity contribution in [2.75, 3.05) is 5.88 Å². The highest BCUT2D eigenvalue weighted by molar-refractivity contribution is 6.19. The Bertz CT molecular complexity index is 368. The van der Waals surface area contributed by atoms with Crippen LogP contribution >= 0.6 is 11.6 Å². The first kappa shape index (κ1) is 8.59. The van der Waals surface area contributed by atoms with E-state index in [0.29, 0.717) is 11.4 Å². The van der Waals surface area contributed by atoms with Crippen LogP contribution in [0.5, 0.6) is 0 Å². The summed E-state index contributed by atoms with van der Waals surface area (Å²) in [4.78, 5) is 3.94. The zero-order valence-electron chi connectivity index (χ0n) is 6.21. The molecule has 0 atom stereocenters. The summed E-state index contributed by atoms with van der Waals surface area (Å²) in [5.41, 5.74) is 0.950. The SMILES string of the molecule is N#Cc1cccc(C#CCCl)n1. The third-order valence-electron chi connectivity index (χ3n) is 1.15. The van der Waals surface area contributed by atoms with Crippen molar-refractivity contribution in [2.45, 2.75) is 0 Å². The Morgan fingerprint density at radius 3 is 2.83 bits per heavy atom. The van der Waals surface area contributed by atoms with Crippen LogP contribution in [0.15, 0.2) is 18.2 Å². The molecule has 1 rings (SSSR count). The molecule has 0 amide bonds. The van der Waals surface area contributed by atoms with Gasteiger partial charge in [-0.3, -0.25) is 0 Å². The van der Waals surface area contributed by atoms with Gasteiger partial charge in [0.15, 0.2) is 0 Å². The first-order chi connectivity index (χ1) is 5.86. The van der Waals surface area contributed by atoms with Gasteiger partial charge < -0.3 is 0 Å². The molecule has 58 valence electrons. The minimum Gasteiger partial charge on any atom is -0.229 e. The van der Waals surface area contributed by atoms with Crippen molar-refractivity contribution in [3.63, 3.8) is 0 Å². The van der Waals surface area contributed by atoms with Crippen molar-refractivity contribution < 1.29 is 0 Å². The number of alkyl halides is 1. The van der Waals surface area contributed by atoms with Crippen LogP contribution < -0.4 is 0 Å². The van der Waals surface area contributed by atoms with Crippen LogP contribution in [0.4, 0.5) is 0 Å². The predicted octanol–water partition coefficient (Wildman–Crippen LogP) is 1.54. The van der Waals surface area contributed by atoms with Gasteiger partial charge in [0, 0.05) is 0 Å². The van der Waals surface area contributed by atoms with E-state index >= 15 is 0 Å². The molecule has 1 aromatic rings. The normalized spacial score (nSPS) is 8.00. The van der Waals surface area contributed by atoms with Crippen LogP contribution in [-0.4, -0.2) is 10.9 Å². The Balaban J connectivity index is 2.96. The van der Waals surface area contributed by atoms with Crippen LogP contribution in [0, 0.1) is 23.2 Å². The molecular formula is C9H5ClN2. The summed E-state index contributed by atoms with van der Waals surface area (Å²) in [6.45, 7) is 0. The molecule has 0 saturated carbocycles. The van der Waals surface area contributed by atoms with E-state index in [4.69, 9.17) is 16.9 Å². The molecule has 0 radical (unpaired) electrons. The van der Waals surface area contributed by atoms with Gasteiger partial charge in [-0.25, -0.2) is 4.98 Å². The highest BCUT2D eigenvalue weighted by Gasteiger charge is 1.91. The number of aromatic nitrogens is 1. The average Bonchev–Trinajstić information content (AvgIpc) is 2.15. The second-order valence-corrected chi connectivity index (χ2v) is 2.22. The predicted molar refractivity (Wildman–Crippen MR) is 46.6 cm³/mol. The fourth-order valence-electron chi connectivity index (χ4n) is 0.691. The van der Waals surface area contributed by atoms with Gasteiger partial charge in [0.2, 0.25) is 0 Å². The van der Waals surface area contributed by atoms with E-state index in [1.54, 1.807) is 18.2 Å². The summed E-state index contributed by atoms with van der Waals surface area (Å²) in [5.74, 6) is 5.66. The zero-order valence-corrected chi connectivity index (χ0v) is 6.97. The maximum Gasteiger partial charge on any atom is 0.141 e.